The lowest BCUT2D eigenvalue weighted by Gasteiger charge is -2.40. The number of nitrogens with one attached hydrogen (secondary N) is 1. The minimum Gasteiger partial charge on any atom is -0.414 e. The highest BCUT2D eigenvalue weighted by molar-refractivity contribution is 6.74. The second-order valence-electron chi connectivity index (χ2n) is 13.6. The topological polar surface area (TPSA) is 144 Å². The lowest BCUT2D eigenvalue weighted by Crippen LogP contribution is -2.51. The molecular formula is C28H44N4O8Si2. The number of aromatic nitrogens is 2. The minimum atomic E-state index is -2.55. The summed E-state index contributed by atoms with van der Waals surface area (Å²) in [4.78, 5) is 46.8. The van der Waals surface area contributed by atoms with Crippen molar-refractivity contribution < 1.29 is 28.3 Å². The van der Waals surface area contributed by atoms with E-state index in [0.29, 0.717) is 5.56 Å². The van der Waals surface area contributed by atoms with E-state index in [1.807, 2.05) is 33.9 Å². The first kappa shape index (κ1) is 33.6. The van der Waals surface area contributed by atoms with Gasteiger partial charge in [-0.15, -0.1) is 10.1 Å². The maximum absolute atomic E-state index is 13.3. The predicted octanol–water partition coefficient (Wildman–Crippen LogP) is 5.38. The molecule has 232 valence electrons. The molecule has 2 heterocycles. The van der Waals surface area contributed by atoms with Crippen LogP contribution in [-0.4, -0.2) is 62.1 Å². The first-order valence-electron chi connectivity index (χ1n) is 14.0. The summed E-state index contributed by atoms with van der Waals surface area (Å²) >= 11 is 0. The summed E-state index contributed by atoms with van der Waals surface area (Å²) < 4.78 is 20.6. The highest BCUT2D eigenvalue weighted by Gasteiger charge is 2.53. The maximum atomic E-state index is 13.3. The van der Waals surface area contributed by atoms with Crippen LogP contribution in [0.2, 0.25) is 36.3 Å². The molecule has 4 atom stereocenters. The predicted molar refractivity (Wildman–Crippen MR) is 164 cm³/mol. The molecule has 1 aromatic heterocycles. The van der Waals surface area contributed by atoms with Gasteiger partial charge in [0.05, 0.1) is 6.61 Å². The molecule has 3 rings (SSSR count). The Morgan fingerprint density at radius 3 is 2.14 bits per heavy atom. The van der Waals surface area contributed by atoms with Crippen molar-refractivity contribution in [1.29, 1.82) is 0 Å². The van der Waals surface area contributed by atoms with Gasteiger partial charge in [-0.25, -0.2) is 4.79 Å². The zero-order valence-corrected chi connectivity index (χ0v) is 28.2. The van der Waals surface area contributed by atoms with Crippen molar-refractivity contribution in [2.45, 2.75) is 102 Å². The molecule has 1 amide bonds. The molecule has 0 aliphatic carbocycles. The van der Waals surface area contributed by atoms with Gasteiger partial charge in [-0.2, -0.15) is 4.98 Å². The Bertz CT molecular complexity index is 1320. The number of hydrogen-bond donors (Lipinski definition) is 1. The number of ether oxygens (including phenoxy) is 1. The molecule has 1 aliphatic heterocycles. The Labute approximate surface area is 249 Å². The fourth-order valence-corrected chi connectivity index (χ4v) is 6.19. The first-order chi connectivity index (χ1) is 19.2. The van der Waals surface area contributed by atoms with Crippen LogP contribution in [0.15, 0.2) is 47.4 Å². The lowest BCUT2D eigenvalue weighted by molar-refractivity contribution is -0.771. The Morgan fingerprint density at radius 2 is 1.62 bits per heavy atom. The van der Waals surface area contributed by atoms with E-state index >= 15 is 0 Å². The number of nitrogens with zero attached hydrogens (tertiary/aromatic N) is 3. The van der Waals surface area contributed by atoms with E-state index in [9.17, 15) is 19.7 Å². The third kappa shape index (κ3) is 7.72. The number of amides is 1. The van der Waals surface area contributed by atoms with E-state index in [4.69, 9.17) is 18.4 Å². The van der Waals surface area contributed by atoms with Crippen LogP contribution in [0.25, 0.3) is 0 Å². The Morgan fingerprint density at radius 1 is 1.02 bits per heavy atom. The van der Waals surface area contributed by atoms with Crippen molar-refractivity contribution in [2.75, 3.05) is 11.9 Å². The molecule has 0 saturated carbocycles. The third-order valence-corrected chi connectivity index (χ3v) is 17.5. The average molecular weight is 621 g/mol. The largest absolute Gasteiger partial charge is 0.414 e. The van der Waals surface area contributed by atoms with Crippen molar-refractivity contribution in [3.63, 3.8) is 0 Å². The van der Waals surface area contributed by atoms with Gasteiger partial charge < -0.3 is 23.7 Å². The number of anilines is 1. The standard InChI is InChI=1S/C28H44N4O8Si2/c1-27(2,3)41(7,8)37-18-20-22(39-32(35)36)23(40-42(9,10)28(4,5)6)25(38-20)31-17-16-21(30-26(31)34)29-24(33)19-14-12-11-13-15-19/h11-17,20,22-23,25H,18H2,1-10H3,(H,29,30,33,34). The van der Waals surface area contributed by atoms with Crippen LogP contribution < -0.4 is 11.0 Å². The van der Waals surface area contributed by atoms with Crippen molar-refractivity contribution in [1.82, 2.24) is 9.55 Å². The molecule has 1 aliphatic rings. The van der Waals surface area contributed by atoms with Crippen molar-refractivity contribution >= 4 is 28.4 Å². The number of rotatable bonds is 10. The third-order valence-electron chi connectivity index (χ3n) is 8.53. The van der Waals surface area contributed by atoms with Crippen LogP contribution in [0.3, 0.4) is 0 Å². The van der Waals surface area contributed by atoms with E-state index in [1.54, 1.807) is 30.3 Å². The molecule has 42 heavy (non-hydrogen) atoms. The fourth-order valence-electron chi connectivity index (χ4n) is 3.90. The zero-order chi connectivity index (χ0) is 31.7. The molecule has 1 N–H and O–H groups in total. The SMILES string of the molecule is CC(C)(C)[Si](C)(C)OCC1OC(n2ccc(NC(=O)c3ccccc3)nc2=O)C(O[Si](C)(C)C(C)(C)C)C1O[N+](=O)[O-]. The van der Waals surface area contributed by atoms with Crippen molar-refractivity contribution in [3.05, 3.63) is 68.8 Å². The van der Waals surface area contributed by atoms with E-state index in [0.717, 1.165) is 0 Å². The van der Waals surface area contributed by atoms with Gasteiger partial charge in [0.25, 0.3) is 11.0 Å². The Balaban J connectivity index is 1.99. The van der Waals surface area contributed by atoms with Gasteiger partial charge in [0.1, 0.15) is 18.0 Å². The summed E-state index contributed by atoms with van der Waals surface area (Å²) in [7, 11) is -4.81. The number of carbonyl (C=O) groups is 1. The summed E-state index contributed by atoms with van der Waals surface area (Å²) in [6, 6.07) is 10.0. The first-order valence-corrected chi connectivity index (χ1v) is 19.8. The Hall–Kier alpha value is -2.92. The summed E-state index contributed by atoms with van der Waals surface area (Å²) in [5.74, 6) is -0.361. The van der Waals surface area contributed by atoms with Crippen LogP contribution in [0.1, 0.15) is 58.1 Å². The Kier molecular flexibility index (Phi) is 9.89. The fraction of sp³-hybridized carbons (Fsp3) is 0.607. The summed E-state index contributed by atoms with van der Waals surface area (Å²) in [6.07, 6.45) is -2.71. The number of benzene rings is 1. The monoisotopic (exact) mass is 620 g/mol. The second-order valence-corrected chi connectivity index (χ2v) is 23.2. The van der Waals surface area contributed by atoms with Gasteiger partial charge in [-0.05, 0) is 54.5 Å². The molecule has 0 spiro atoms. The maximum Gasteiger partial charge on any atom is 0.351 e. The zero-order valence-electron chi connectivity index (χ0n) is 26.2. The van der Waals surface area contributed by atoms with Crippen LogP contribution in [-0.2, 0) is 18.4 Å². The summed E-state index contributed by atoms with van der Waals surface area (Å²) in [5, 5.41) is 13.1. The molecule has 12 nitrogen and oxygen atoms in total. The molecular weight excluding hydrogens is 577 g/mol. The van der Waals surface area contributed by atoms with Crippen LogP contribution in [0.5, 0.6) is 0 Å². The highest BCUT2D eigenvalue weighted by atomic mass is 28.4. The molecule has 1 fully saturated rings. The quantitative estimate of drug-likeness (QED) is 0.210. The van der Waals surface area contributed by atoms with Crippen LogP contribution in [0, 0.1) is 10.1 Å². The molecule has 1 aromatic carbocycles. The molecule has 4 unspecified atom stereocenters. The van der Waals surface area contributed by atoms with Crippen LogP contribution in [0.4, 0.5) is 5.82 Å². The van der Waals surface area contributed by atoms with Gasteiger partial charge >= 0.3 is 5.69 Å². The minimum absolute atomic E-state index is 0.0241. The number of hydrogen-bond acceptors (Lipinski definition) is 9. The normalized spacial score (nSPS) is 21.7. The van der Waals surface area contributed by atoms with Gasteiger partial charge in [-0.1, -0.05) is 59.7 Å². The van der Waals surface area contributed by atoms with E-state index in [1.165, 1.54) is 16.8 Å². The average Bonchev–Trinajstić information content (AvgIpc) is 3.17. The van der Waals surface area contributed by atoms with Gasteiger partial charge in [0, 0.05) is 11.8 Å². The van der Waals surface area contributed by atoms with Gasteiger partial charge in [0.15, 0.2) is 29.0 Å². The van der Waals surface area contributed by atoms with E-state index < -0.39 is 57.9 Å². The summed E-state index contributed by atoms with van der Waals surface area (Å²) in [6.45, 7) is 20.6. The molecule has 2 aromatic rings. The van der Waals surface area contributed by atoms with E-state index in [2.05, 4.69) is 44.2 Å². The van der Waals surface area contributed by atoms with Crippen LogP contribution >= 0.6 is 0 Å². The molecule has 0 radical (unpaired) electrons. The van der Waals surface area contributed by atoms with E-state index in [-0.39, 0.29) is 22.5 Å². The lowest BCUT2D eigenvalue weighted by atomic mass is 10.1. The van der Waals surface area contributed by atoms with Crippen molar-refractivity contribution in [2.24, 2.45) is 0 Å². The molecule has 1 saturated heterocycles. The number of carbonyl (C=O) groups excluding carboxylic acids is 1. The molecule has 14 heteroatoms. The van der Waals surface area contributed by atoms with Gasteiger partial charge in [-0.3, -0.25) is 9.36 Å². The second kappa shape index (κ2) is 12.4. The van der Waals surface area contributed by atoms with Crippen molar-refractivity contribution in [3.8, 4) is 0 Å². The highest BCUT2D eigenvalue weighted by Crippen LogP contribution is 2.43. The molecule has 0 bridgehead atoms. The summed E-state index contributed by atoms with van der Waals surface area (Å²) in [5.41, 5.74) is -0.310. The van der Waals surface area contributed by atoms with Gasteiger partial charge in [0.2, 0.25) is 0 Å². The smallest absolute Gasteiger partial charge is 0.351 e.